The molecule has 0 unspecified atom stereocenters. The lowest BCUT2D eigenvalue weighted by molar-refractivity contribution is -0.115. The van der Waals surface area contributed by atoms with E-state index in [0.717, 1.165) is 17.8 Å². The highest BCUT2D eigenvalue weighted by Crippen LogP contribution is 2.11. The predicted octanol–water partition coefficient (Wildman–Crippen LogP) is 3.83. The summed E-state index contributed by atoms with van der Waals surface area (Å²) in [5, 5.41) is 5.93. The second kappa shape index (κ2) is 7.43. The van der Waals surface area contributed by atoms with Gasteiger partial charge in [-0.2, -0.15) is 0 Å². The van der Waals surface area contributed by atoms with E-state index < -0.39 is 0 Å². The molecule has 4 heteroatoms. The normalized spacial score (nSPS) is 10.2. The fourth-order valence-corrected chi connectivity index (χ4v) is 1.94. The summed E-state index contributed by atoms with van der Waals surface area (Å²) < 4.78 is 12.7. The van der Waals surface area contributed by atoms with Gasteiger partial charge in [-0.3, -0.25) is 4.79 Å². The molecule has 110 valence electrons. The molecule has 2 N–H and O–H groups in total. The molecule has 0 aliphatic carbocycles. The molecule has 2 aromatic carbocycles. The van der Waals surface area contributed by atoms with Gasteiger partial charge in [0.1, 0.15) is 5.82 Å². The number of carbonyl (C=O) groups is 1. The molecule has 2 aromatic rings. The standard InChI is InChI=1S/C17H19FN2O/c1-2-13-3-7-16(8-4-13)20-17(21)11-12-19-15-9-5-14(18)6-10-15/h3-10,19H,2,11-12H2,1H3,(H,20,21). The Morgan fingerprint density at radius 1 is 1.00 bits per heavy atom. The van der Waals surface area contributed by atoms with Gasteiger partial charge in [0, 0.05) is 24.3 Å². The van der Waals surface area contributed by atoms with Gasteiger partial charge in [-0.05, 0) is 48.4 Å². The van der Waals surface area contributed by atoms with Crippen LogP contribution < -0.4 is 10.6 Å². The molecule has 0 aliphatic heterocycles. The van der Waals surface area contributed by atoms with Gasteiger partial charge in [-0.1, -0.05) is 19.1 Å². The summed E-state index contributed by atoms with van der Waals surface area (Å²) in [6.07, 6.45) is 1.34. The number of halogens is 1. The van der Waals surface area contributed by atoms with Gasteiger partial charge in [0.25, 0.3) is 0 Å². The fraction of sp³-hybridized carbons (Fsp3) is 0.235. The van der Waals surface area contributed by atoms with Crippen LogP contribution in [0, 0.1) is 5.82 Å². The van der Waals surface area contributed by atoms with Gasteiger partial charge in [0.2, 0.25) is 5.91 Å². The number of nitrogens with one attached hydrogen (secondary N) is 2. The first-order valence-electron chi connectivity index (χ1n) is 7.05. The van der Waals surface area contributed by atoms with Crippen molar-refractivity contribution in [2.75, 3.05) is 17.2 Å². The molecule has 3 nitrogen and oxygen atoms in total. The Hall–Kier alpha value is -2.36. The number of rotatable bonds is 6. The first-order chi connectivity index (χ1) is 10.2. The third-order valence-electron chi connectivity index (χ3n) is 3.17. The van der Waals surface area contributed by atoms with Crippen LogP contribution in [0.2, 0.25) is 0 Å². The van der Waals surface area contributed by atoms with E-state index in [-0.39, 0.29) is 11.7 Å². The Morgan fingerprint density at radius 3 is 2.24 bits per heavy atom. The lowest BCUT2D eigenvalue weighted by Gasteiger charge is -2.08. The molecular formula is C17H19FN2O. The highest BCUT2D eigenvalue weighted by atomic mass is 19.1. The molecule has 0 spiro atoms. The highest BCUT2D eigenvalue weighted by Gasteiger charge is 2.02. The van der Waals surface area contributed by atoms with E-state index in [1.54, 1.807) is 12.1 Å². The summed E-state index contributed by atoms with van der Waals surface area (Å²) in [4.78, 5) is 11.8. The molecule has 2 rings (SSSR count). The quantitative estimate of drug-likeness (QED) is 0.847. The lowest BCUT2D eigenvalue weighted by Crippen LogP contribution is -2.16. The Bertz CT molecular complexity index is 579. The van der Waals surface area contributed by atoms with Crippen LogP contribution >= 0.6 is 0 Å². The Balaban J connectivity index is 1.75. The van der Waals surface area contributed by atoms with Crippen LogP contribution in [0.5, 0.6) is 0 Å². The van der Waals surface area contributed by atoms with Crippen LogP contribution in [0.1, 0.15) is 18.9 Å². The van der Waals surface area contributed by atoms with E-state index >= 15 is 0 Å². The lowest BCUT2D eigenvalue weighted by atomic mass is 10.1. The van der Waals surface area contributed by atoms with Gasteiger partial charge in [-0.25, -0.2) is 4.39 Å². The van der Waals surface area contributed by atoms with Gasteiger partial charge in [0.15, 0.2) is 0 Å². The average molecular weight is 286 g/mol. The largest absolute Gasteiger partial charge is 0.385 e. The summed E-state index contributed by atoms with van der Waals surface area (Å²) in [5.41, 5.74) is 2.85. The van der Waals surface area contributed by atoms with Crippen LogP contribution in [0.4, 0.5) is 15.8 Å². The number of hydrogen-bond acceptors (Lipinski definition) is 2. The van der Waals surface area contributed by atoms with Crippen LogP contribution in [-0.2, 0) is 11.2 Å². The van der Waals surface area contributed by atoms with E-state index in [4.69, 9.17) is 0 Å². The topological polar surface area (TPSA) is 41.1 Å². The monoisotopic (exact) mass is 286 g/mol. The van der Waals surface area contributed by atoms with Gasteiger partial charge in [-0.15, -0.1) is 0 Å². The maximum Gasteiger partial charge on any atom is 0.226 e. The van der Waals surface area contributed by atoms with Crippen LogP contribution in [0.25, 0.3) is 0 Å². The van der Waals surface area contributed by atoms with E-state index in [2.05, 4.69) is 17.6 Å². The van der Waals surface area contributed by atoms with Crippen molar-refractivity contribution in [2.45, 2.75) is 19.8 Å². The van der Waals surface area contributed by atoms with Crippen molar-refractivity contribution in [1.29, 1.82) is 0 Å². The van der Waals surface area contributed by atoms with Crippen molar-refractivity contribution in [3.8, 4) is 0 Å². The van der Waals surface area contributed by atoms with Crippen molar-refractivity contribution in [2.24, 2.45) is 0 Å². The fourth-order valence-electron chi connectivity index (χ4n) is 1.94. The molecule has 0 saturated carbocycles. The number of anilines is 2. The van der Waals surface area contributed by atoms with Crippen molar-refractivity contribution < 1.29 is 9.18 Å². The summed E-state index contributed by atoms with van der Waals surface area (Å²) >= 11 is 0. The maximum absolute atomic E-state index is 12.7. The Morgan fingerprint density at radius 2 is 1.62 bits per heavy atom. The zero-order valence-corrected chi connectivity index (χ0v) is 12.0. The van der Waals surface area contributed by atoms with Gasteiger partial charge >= 0.3 is 0 Å². The average Bonchev–Trinajstić information content (AvgIpc) is 2.50. The molecule has 1 amide bonds. The first-order valence-corrected chi connectivity index (χ1v) is 7.05. The molecule has 0 radical (unpaired) electrons. The second-order valence-corrected chi connectivity index (χ2v) is 4.78. The number of benzene rings is 2. The zero-order chi connectivity index (χ0) is 15.1. The third kappa shape index (κ3) is 4.91. The van der Waals surface area contributed by atoms with E-state index in [1.165, 1.54) is 17.7 Å². The molecule has 0 saturated heterocycles. The minimum absolute atomic E-state index is 0.0474. The van der Waals surface area contributed by atoms with E-state index in [1.807, 2.05) is 24.3 Å². The summed E-state index contributed by atoms with van der Waals surface area (Å²) in [7, 11) is 0. The minimum atomic E-state index is -0.270. The molecule has 0 heterocycles. The van der Waals surface area contributed by atoms with E-state index in [0.29, 0.717) is 13.0 Å². The van der Waals surface area contributed by atoms with Crippen molar-refractivity contribution in [3.63, 3.8) is 0 Å². The van der Waals surface area contributed by atoms with E-state index in [9.17, 15) is 9.18 Å². The second-order valence-electron chi connectivity index (χ2n) is 4.78. The van der Waals surface area contributed by atoms with Crippen LogP contribution in [0.3, 0.4) is 0 Å². The Kier molecular flexibility index (Phi) is 5.32. The molecule has 0 aliphatic rings. The highest BCUT2D eigenvalue weighted by molar-refractivity contribution is 5.90. The molecule has 0 atom stereocenters. The molecule has 0 fully saturated rings. The third-order valence-corrected chi connectivity index (χ3v) is 3.17. The number of hydrogen-bond donors (Lipinski definition) is 2. The summed E-state index contributed by atoms with van der Waals surface area (Å²) in [5.74, 6) is -0.317. The predicted molar refractivity (Wildman–Crippen MR) is 84.0 cm³/mol. The maximum atomic E-state index is 12.7. The first kappa shape index (κ1) is 15.0. The SMILES string of the molecule is CCc1ccc(NC(=O)CCNc2ccc(F)cc2)cc1. The number of aryl methyl sites for hydroxylation is 1. The number of carbonyl (C=O) groups excluding carboxylic acids is 1. The van der Waals surface area contributed by atoms with Crippen LogP contribution in [-0.4, -0.2) is 12.5 Å². The van der Waals surface area contributed by atoms with Crippen molar-refractivity contribution in [1.82, 2.24) is 0 Å². The molecule has 21 heavy (non-hydrogen) atoms. The van der Waals surface area contributed by atoms with Gasteiger partial charge in [0.05, 0.1) is 0 Å². The summed E-state index contributed by atoms with van der Waals surface area (Å²) in [6, 6.07) is 13.9. The molecule has 0 aromatic heterocycles. The van der Waals surface area contributed by atoms with Crippen molar-refractivity contribution >= 4 is 17.3 Å². The van der Waals surface area contributed by atoms with Gasteiger partial charge < -0.3 is 10.6 Å². The molecular weight excluding hydrogens is 267 g/mol. The Labute approximate surface area is 124 Å². The molecule has 0 bridgehead atoms. The smallest absolute Gasteiger partial charge is 0.226 e. The summed E-state index contributed by atoms with van der Waals surface area (Å²) in [6.45, 7) is 2.60. The van der Waals surface area contributed by atoms with Crippen molar-refractivity contribution in [3.05, 3.63) is 59.9 Å². The minimum Gasteiger partial charge on any atom is -0.385 e. The van der Waals surface area contributed by atoms with Crippen LogP contribution in [0.15, 0.2) is 48.5 Å². The number of amides is 1. The zero-order valence-electron chi connectivity index (χ0n) is 12.0.